The summed E-state index contributed by atoms with van der Waals surface area (Å²) < 4.78 is 23.4. The quantitative estimate of drug-likeness (QED) is 0.707. The third-order valence-corrected chi connectivity index (χ3v) is 4.05. The molecule has 0 atom stereocenters. The molecular formula is C19H23FN2O2S. The van der Waals surface area contributed by atoms with E-state index in [4.69, 9.17) is 21.7 Å². The normalized spacial score (nSPS) is 10.2. The van der Waals surface area contributed by atoms with Crippen LogP contribution in [0.2, 0.25) is 0 Å². The highest BCUT2D eigenvalue weighted by Gasteiger charge is 2.04. The second kappa shape index (κ2) is 9.84. The van der Waals surface area contributed by atoms with E-state index in [1.54, 1.807) is 26.4 Å². The van der Waals surface area contributed by atoms with Crippen LogP contribution < -0.4 is 20.1 Å². The third-order valence-electron chi connectivity index (χ3n) is 3.76. The summed E-state index contributed by atoms with van der Waals surface area (Å²) in [7, 11) is 3.25. The van der Waals surface area contributed by atoms with E-state index in [2.05, 4.69) is 10.6 Å². The molecule has 0 radical (unpaired) electrons. The first-order valence-corrected chi connectivity index (χ1v) is 8.50. The SMILES string of the molecule is COc1ccc(CCNC(=S)NCCc2ccc(F)cc2)cc1OC. The van der Waals surface area contributed by atoms with Crippen molar-refractivity contribution in [2.45, 2.75) is 12.8 Å². The Balaban J connectivity index is 1.69. The Kier molecular flexibility index (Phi) is 7.47. The molecule has 0 bridgehead atoms. The number of rotatable bonds is 8. The van der Waals surface area contributed by atoms with E-state index >= 15 is 0 Å². The lowest BCUT2D eigenvalue weighted by atomic mass is 10.1. The smallest absolute Gasteiger partial charge is 0.166 e. The summed E-state index contributed by atoms with van der Waals surface area (Å²) in [6.07, 6.45) is 1.61. The van der Waals surface area contributed by atoms with E-state index in [0.29, 0.717) is 11.7 Å². The first-order chi connectivity index (χ1) is 12.1. The monoisotopic (exact) mass is 362 g/mol. The summed E-state index contributed by atoms with van der Waals surface area (Å²) in [6, 6.07) is 12.4. The molecule has 134 valence electrons. The third kappa shape index (κ3) is 6.23. The first kappa shape index (κ1) is 19.0. The zero-order chi connectivity index (χ0) is 18.1. The van der Waals surface area contributed by atoms with Crippen LogP contribution >= 0.6 is 12.2 Å². The highest BCUT2D eigenvalue weighted by Crippen LogP contribution is 2.27. The van der Waals surface area contributed by atoms with Gasteiger partial charge >= 0.3 is 0 Å². The van der Waals surface area contributed by atoms with Crippen molar-refractivity contribution in [3.05, 3.63) is 59.4 Å². The van der Waals surface area contributed by atoms with E-state index in [1.807, 2.05) is 18.2 Å². The molecule has 2 aromatic carbocycles. The summed E-state index contributed by atoms with van der Waals surface area (Å²) in [5, 5.41) is 6.95. The Morgan fingerprint density at radius 3 is 2.04 bits per heavy atom. The molecule has 0 aliphatic rings. The van der Waals surface area contributed by atoms with E-state index < -0.39 is 0 Å². The van der Waals surface area contributed by atoms with Gasteiger partial charge in [-0.2, -0.15) is 0 Å². The largest absolute Gasteiger partial charge is 0.493 e. The van der Waals surface area contributed by atoms with Crippen molar-refractivity contribution < 1.29 is 13.9 Å². The minimum absolute atomic E-state index is 0.218. The molecule has 0 amide bonds. The predicted octanol–water partition coefficient (Wildman–Crippen LogP) is 3.09. The number of benzene rings is 2. The van der Waals surface area contributed by atoms with Gasteiger partial charge in [0.05, 0.1) is 14.2 Å². The maximum atomic E-state index is 12.8. The van der Waals surface area contributed by atoms with Crippen LogP contribution in [0.5, 0.6) is 11.5 Å². The second-order valence-electron chi connectivity index (χ2n) is 5.50. The lowest BCUT2D eigenvalue weighted by Crippen LogP contribution is -2.37. The van der Waals surface area contributed by atoms with Gasteiger partial charge in [0.2, 0.25) is 0 Å². The van der Waals surface area contributed by atoms with E-state index in [-0.39, 0.29) is 5.82 Å². The lowest BCUT2D eigenvalue weighted by Gasteiger charge is -2.12. The Bertz CT molecular complexity index is 692. The van der Waals surface area contributed by atoms with Crippen LogP contribution in [0.25, 0.3) is 0 Å². The van der Waals surface area contributed by atoms with Gasteiger partial charge in [0, 0.05) is 13.1 Å². The van der Waals surface area contributed by atoms with Crippen molar-refractivity contribution in [2.24, 2.45) is 0 Å². The zero-order valence-electron chi connectivity index (χ0n) is 14.5. The molecular weight excluding hydrogens is 339 g/mol. The molecule has 0 heterocycles. The highest BCUT2D eigenvalue weighted by atomic mass is 32.1. The number of thiocarbonyl (C=S) groups is 1. The lowest BCUT2D eigenvalue weighted by molar-refractivity contribution is 0.354. The zero-order valence-corrected chi connectivity index (χ0v) is 15.3. The van der Waals surface area contributed by atoms with Crippen LogP contribution in [0.3, 0.4) is 0 Å². The molecule has 2 rings (SSSR count). The maximum absolute atomic E-state index is 12.8. The van der Waals surface area contributed by atoms with Crippen molar-refractivity contribution >= 4 is 17.3 Å². The topological polar surface area (TPSA) is 42.5 Å². The molecule has 2 N–H and O–H groups in total. The van der Waals surface area contributed by atoms with Crippen molar-refractivity contribution in [3.8, 4) is 11.5 Å². The summed E-state index contributed by atoms with van der Waals surface area (Å²) >= 11 is 5.27. The van der Waals surface area contributed by atoms with Crippen molar-refractivity contribution in [1.82, 2.24) is 10.6 Å². The Morgan fingerprint density at radius 2 is 1.44 bits per heavy atom. The molecule has 0 aromatic heterocycles. The number of hydrogen-bond acceptors (Lipinski definition) is 3. The van der Waals surface area contributed by atoms with Crippen molar-refractivity contribution in [1.29, 1.82) is 0 Å². The standard InChI is InChI=1S/C19H23FN2O2S/c1-23-17-8-5-15(13-18(17)24-2)10-12-22-19(25)21-11-9-14-3-6-16(20)7-4-14/h3-8,13H,9-12H2,1-2H3,(H2,21,22,25). The number of methoxy groups -OCH3 is 2. The summed E-state index contributed by atoms with van der Waals surface area (Å²) in [5.41, 5.74) is 2.21. The van der Waals surface area contributed by atoms with Crippen LogP contribution in [0.15, 0.2) is 42.5 Å². The fourth-order valence-electron chi connectivity index (χ4n) is 2.39. The number of ether oxygens (including phenoxy) is 2. The van der Waals surface area contributed by atoms with Crippen molar-refractivity contribution in [2.75, 3.05) is 27.3 Å². The molecule has 0 spiro atoms. The summed E-state index contributed by atoms with van der Waals surface area (Å²) in [5.74, 6) is 1.22. The molecule has 4 nitrogen and oxygen atoms in total. The number of hydrogen-bond donors (Lipinski definition) is 2. The van der Waals surface area contributed by atoms with Crippen LogP contribution in [0.4, 0.5) is 4.39 Å². The molecule has 0 saturated heterocycles. The van der Waals surface area contributed by atoms with Gasteiger partial charge in [-0.1, -0.05) is 18.2 Å². The molecule has 0 unspecified atom stereocenters. The summed E-state index contributed by atoms with van der Waals surface area (Å²) in [6.45, 7) is 1.42. The average Bonchev–Trinajstić information content (AvgIpc) is 2.63. The molecule has 0 aliphatic heterocycles. The van der Waals surface area contributed by atoms with Gasteiger partial charge in [-0.15, -0.1) is 0 Å². The van der Waals surface area contributed by atoms with Gasteiger partial charge in [0.1, 0.15) is 5.82 Å². The van der Waals surface area contributed by atoms with Crippen LogP contribution in [-0.2, 0) is 12.8 Å². The predicted molar refractivity (Wildman–Crippen MR) is 102 cm³/mol. The van der Waals surface area contributed by atoms with E-state index in [9.17, 15) is 4.39 Å². The first-order valence-electron chi connectivity index (χ1n) is 8.09. The Labute approximate surface area is 153 Å². The Hall–Kier alpha value is -2.34. The van der Waals surface area contributed by atoms with Crippen LogP contribution in [-0.4, -0.2) is 32.4 Å². The molecule has 0 fully saturated rings. The summed E-state index contributed by atoms with van der Waals surface area (Å²) in [4.78, 5) is 0. The molecule has 6 heteroatoms. The van der Waals surface area contributed by atoms with Crippen LogP contribution in [0.1, 0.15) is 11.1 Å². The Morgan fingerprint density at radius 1 is 0.880 bits per heavy atom. The average molecular weight is 362 g/mol. The van der Waals surface area contributed by atoms with Gasteiger partial charge in [0.15, 0.2) is 16.6 Å². The molecule has 25 heavy (non-hydrogen) atoms. The van der Waals surface area contributed by atoms with Gasteiger partial charge in [-0.25, -0.2) is 4.39 Å². The fraction of sp³-hybridized carbons (Fsp3) is 0.316. The van der Waals surface area contributed by atoms with Gasteiger partial charge in [0.25, 0.3) is 0 Å². The van der Waals surface area contributed by atoms with Gasteiger partial charge in [-0.3, -0.25) is 0 Å². The molecule has 0 aliphatic carbocycles. The number of nitrogens with one attached hydrogen (secondary N) is 2. The van der Waals surface area contributed by atoms with Crippen LogP contribution in [0, 0.1) is 5.82 Å². The minimum Gasteiger partial charge on any atom is -0.493 e. The second-order valence-corrected chi connectivity index (χ2v) is 5.91. The molecule has 0 saturated carbocycles. The van der Waals surface area contributed by atoms with Gasteiger partial charge in [-0.05, 0) is 60.5 Å². The maximum Gasteiger partial charge on any atom is 0.166 e. The minimum atomic E-state index is -0.218. The van der Waals surface area contributed by atoms with Gasteiger partial charge < -0.3 is 20.1 Å². The van der Waals surface area contributed by atoms with E-state index in [1.165, 1.54) is 12.1 Å². The van der Waals surface area contributed by atoms with E-state index in [0.717, 1.165) is 42.0 Å². The highest BCUT2D eigenvalue weighted by molar-refractivity contribution is 7.80. The fourth-order valence-corrected chi connectivity index (χ4v) is 2.59. The van der Waals surface area contributed by atoms with Crippen molar-refractivity contribution in [3.63, 3.8) is 0 Å². The molecule has 2 aromatic rings. The number of halogens is 1.